The molecule has 3 nitrogen and oxygen atoms in total. The highest BCUT2D eigenvalue weighted by atomic mass is 15.3. The van der Waals surface area contributed by atoms with Crippen LogP contribution in [0.4, 0.5) is 0 Å². The summed E-state index contributed by atoms with van der Waals surface area (Å²) in [5.41, 5.74) is 0. The third kappa shape index (κ3) is 2.58. The van der Waals surface area contributed by atoms with Crippen LogP contribution in [0, 0.1) is 5.92 Å². The Balaban J connectivity index is 1.76. The Morgan fingerprint density at radius 3 is 2.25 bits per heavy atom. The largest absolute Gasteiger partial charge is 0.319 e. The molecule has 0 bridgehead atoms. The molecule has 16 heavy (non-hydrogen) atoms. The molecule has 2 atom stereocenters. The van der Waals surface area contributed by atoms with Gasteiger partial charge in [-0.15, -0.1) is 0 Å². The number of nitrogens with one attached hydrogen (secondary N) is 1. The molecule has 3 heteroatoms. The van der Waals surface area contributed by atoms with Gasteiger partial charge in [-0.1, -0.05) is 0 Å². The van der Waals surface area contributed by atoms with E-state index in [0.29, 0.717) is 0 Å². The lowest BCUT2D eigenvalue weighted by Gasteiger charge is -2.48. The number of rotatable bonds is 4. The van der Waals surface area contributed by atoms with Crippen LogP contribution in [0.5, 0.6) is 0 Å². The van der Waals surface area contributed by atoms with Gasteiger partial charge in [0.05, 0.1) is 0 Å². The van der Waals surface area contributed by atoms with E-state index in [4.69, 9.17) is 0 Å². The molecule has 0 spiro atoms. The van der Waals surface area contributed by atoms with Gasteiger partial charge in [0, 0.05) is 38.3 Å². The van der Waals surface area contributed by atoms with Gasteiger partial charge < -0.3 is 5.32 Å². The number of hydrogen-bond donors (Lipinski definition) is 1. The molecule has 2 fully saturated rings. The molecule has 0 radical (unpaired) electrons. The summed E-state index contributed by atoms with van der Waals surface area (Å²) in [4.78, 5) is 5.33. The van der Waals surface area contributed by atoms with Crippen LogP contribution in [-0.4, -0.2) is 61.7 Å². The van der Waals surface area contributed by atoms with Crippen molar-refractivity contribution in [1.82, 2.24) is 15.1 Å². The molecule has 0 aromatic carbocycles. The van der Waals surface area contributed by atoms with E-state index in [1.165, 1.54) is 45.6 Å². The normalized spacial score (nSPS) is 33.0. The van der Waals surface area contributed by atoms with Gasteiger partial charge in [-0.3, -0.25) is 9.80 Å². The van der Waals surface area contributed by atoms with E-state index in [9.17, 15) is 0 Å². The zero-order chi connectivity index (χ0) is 11.5. The van der Waals surface area contributed by atoms with E-state index in [-0.39, 0.29) is 0 Å². The molecule has 1 N–H and O–H groups in total. The molecule has 0 amide bonds. The fraction of sp³-hybridized carbons (Fsp3) is 1.00. The van der Waals surface area contributed by atoms with Crippen molar-refractivity contribution in [3.05, 3.63) is 0 Å². The average Bonchev–Trinajstić information content (AvgIpc) is 2.25. The number of nitrogens with zero attached hydrogens (tertiary/aromatic N) is 2. The summed E-state index contributed by atoms with van der Waals surface area (Å²) >= 11 is 0. The Kier molecular flexibility index (Phi) is 4.22. The summed E-state index contributed by atoms with van der Waals surface area (Å²) in [5.74, 6) is 0.913. The van der Waals surface area contributed by atoms with Gasteiger partial charge in [-0.25, -0.2) is 0 Å². The van der Waals surface area contributed by atoms with Crippen molar-refractivity contribution in [2.75, 3.05) is 39.8 Å². The molecular formula is C13H27N3. The van der Waals surface area contributed by atoms with E-state index >= 15 is 0 Å². The second-order valence-electron chi connectivity index (χ2n) is 5.63. The fourth-order valence-corrected chi connectivity index (χ4v) is 3.12. The fourth-order valence-electron chi connectivity index (χ4n) is 3.12. The Morgan fingerprint density at radius 1 is 1.12 bits per heavy atom. The molecule has 0 aromatic heterocycles. The Hall–Kier alpha value is -0.120. The van der Waals surface area contributed by atoms with Crippen LogP contribution in [0.2, 0.25) is 0 Å². The third-order valence-corrected chi connectivity index (χ3v) is 4.39. The van der Waals surface area contributed by atoms with Crippen molar-refractivity contribution < 1.29 is 0 Å². The number of hydrogen-bond acceptors (Lipinski definition) is 3. The molecule has 2 rings (SSSR count). The zero-order valence-corrected chi connectivity index (χ0v) is 11.1. The molecule has 1 saturated heterocycles. The van der Waals surface area contributed by atoms with E-state index < -0.39 is 0 Å². The molecule has 0 aromatic rings. The van der Waals surface area contributed by atoms with Gasteiger partial charge in [0.25, 0.3) is 0 Å². The second kappa shape index (κ2) is 5.48. The van der Waals surface area contributed by atoms with Gasteiger partial charge in [-0.2, -0.15) is 0 Å². The lowest BCUT2D eigenvalue weighted by Crippen LogP contribution is -2.57. The minimum atomic E-state index is 0.719. The van der Waals surface area contributed by atoms with Crippen LogP contribution < -0.4 is 5.32 Å². The molecule has 2 aliphatic rings. The quantitative estimate of drug-likeness (QED) is 0.770. The Morgan fingerprint density at radius 2 is 1.81 bits per heavy atom. The molecule has 2 unspecified atom stereocenters. The van der Waals surface area contributed by atoms with Crippen LogP contribution in [-0.2, 0) is 0 Å². The smallest absolute Gasteiger partial charge is 0.0137 e. The first-order valence-corrected chi connectivity index (χ1v) is 6.85. The molecule has 1 aliphatic carbocycles. The first-order chi connectivity index (χ1) is 7.72. The highest BCUT2D eigenvalue weighted by Crippen LogP contribution is 2.32. The van der Waals surface area contributed by atoms with E-state index in [2.05, 4.69) is 36.0 Å². The van der Waals surface area contributed by atoms with Crippen molar-refractivity contribution in [3.8, 4) is 0 Å². The minimum absolute atomic E-state index is 0.719. The maximum Gasteiger partial charge on any atom is 0.0137 e. The topological polar surface area (TPSA) is 18.5 Å². The monoisotopic (exact) mass is 225 g/mol. The molecule has 1 aliphatic heterocycles. The molecule has 1 saturated carbocycles. The highest BCUT2D eigenvalue weighted by molar-refractivity contribution is 4.91. The zero-order valence-electron chi connectivity index (χ0n) is 11.1. The van der Waals surface area contributed by atoms with Crippen LogP contribution >= 0.6 is 0 Å². The van der Waals surface area contributed by atoms with Gasteiger partial charge >= 0.3 is 0 Å². The predicted molar refractivity (Wildman–Crippen MR) is 68.7 cm³/mol. The summed E-state index contributed by atoms with van der Waals surface area (Å²) in [6.07, 6.45) is 2.85. The minimum Gasteiger partial charge on any atom is -0.319 e. The maximum atomic E-state index is 3.33. The van der Waals surface area contributed by atoms with Gasteiger partial charge in [0.2, 0.25) is 0 Å². The summed E-state index contributed by atoms with van der Waals surface area (Å²) in [7, 11) is 2.08. The van der Waals surface area contributed by atoms with E-state index in [0.717, 1.165) is 18.0 Å². The summed E-state index contributed by atoms with van der Waals surface area (Å²) in [6.45, 7) is 10.9. The first kappa shape index (κ1) is 12.3. The lowest BCUT2D eigenvalue weighted by atomic mass is 9.78. The first-order valence-electron chi connectivity index (χ1n) is 6.85. The maximum absolute atomic E-state index is 3.33. The van der Waals surface area contributed by atoms with Crippen molar-refractivity contribution >= 4 is 0 Å². The number of piperazine rings is 1. The lowest BCUT2D eigenvalue weighted by molar-refractivity contribution is 0.0140. The Labute approximate surface area is 100 Å². The highest BCUT2D eigenvalue weighted by Gasteiger charge is 2.36. The van der Waals surface area contributed by atoms with E-state index in [1.807, 2.05) is 0 Å². The van der Waals surface area contributed by atoms with Gasteiger partial charge in [-0.05, 0) is 46.2 Å². The standard InChI is InChI=1S/C13H27N3/c1-11(2)15-6-8-16(9-7-15)13-5-4-12(13)10-14-3/h11-14H,4-10H2,1-3H3. The second-order valence-corrected chi connectivity index (χ2v) is 5.63. The van der Waals surface area contributed by atoms with Crippen molar-refractivity contribution in [2.45, 2.75) is 38.8 Å². The summed E-state index contributed by atoms with van der Waals surface area (Å²) in [5, 5.41) is 3.33. The predicted octanol–water partition coefficient (Wildman–Crippen LogP) is 1.01. The van der Waals surface area contributed by atoms with Crippen molar-refractivity contribution in [1.29, 1.82) is 0 Å². The summed E-state index contributed by atoms with van der Waals surface area (Å²) in [6, 6.07) is 1.60. The SMILES string of the molecule is CNCC1CCC1N1CCN(C(C)C)CC1. The van der Waals surface area contributed by atoms with Crippen LogP contribution in [0.1, 0.15) is 26.7 Å². The van der Waals surface area contributed by atoms with Crippen molar-refractivity contribution in [2.24, 2.45) is 5.92 Å². The van der Waals surface area contributed by atoms with Crippen LogP contribution in [0.15, 0.2) is 0 Å². The molecule has 1 heterocycles. The van der Waals surface area contributed by atoms with Crippen LogP contribution in [0.25, 0.3) is 0 Å². The average molecular weight is 225 g/mol. The van der Waals surface area contributed by atoms with E-state index in [1.54, 1.807) is 0 Å². The molecule has 94 valence electrons. The van der Waals surface area contributed by atoms with Gasteiger partial charge in [0.15, 0.2) is 0 Å². The Bertz CT molecular complexity index is 209. The van der Waals surface area contributed by atoms with Crippen molar-refractivity contribution in [3.63, 3.8) is 0 Å². The molecular weight excluding hydrogens is 198 g/mol. The summed E-state index contributed by atoms with van der Waals surface area (Å²) < 4.78 is 0. The van der Waals surface area contributed by atoms with Gasteiger partial charge in [0.1, 0.15) is 0 Å². The van der Waals surface area contributed by atoms with Crippen LogP contribution in [0.3, 0.4) is 0 Å². The third-order valence-electron chi connectivity index (χ3n) is 4.39.